The Hall–Kier alpha value is -4.24. The lowest BCUT2D eigenvalue weighted by Crippen LogP contribution is -2.74. The monoisotopic (exact) mass is 874 g/mol. The van der Waals surface area contributed by atoms with Crippen LogP contribution in [-0.4, -0.2) is 88.4 Å². The molecule has 0 saturated carbocycles. The number of benzene rings is 2. The van der Waals surface area contributed by atoms with Gasteiger partial charge in [-0.1, -0.05) is 45.9 Å². The number of nitrogens with zero attached hydrogens (tertiary/aromatic N) is 5. The molecule has 1 amide bonds. The molecule has 0 saturated heterocycles. The molecule has 53 heavy (non-hydrogen) atoms. The molecule has 28 heteroatoms. The van der Waals surface area contributed by atoms with Gasteiger partial charge in [0.15, 0.2) is 5.78 Å². The van der Waals surface area contributed by atoms with Gasteiger partial charge < -0.3 is 5.32 Å². The van der Waals surface area contributed by atoms with Crippen LogP contribution < -0.4 is 5.32 Å². The van der Waals surface area contributed by atoms with E-state index in [9.17, 15) is 90.0 Å². The van der Waals surface area contributed by atoms with Crippen LogP contribution in [0.3, 0.4) is 0 Å². The quantitative estimate of drug-likeness (QED) is 0.0796. The summed E-state index contributed by atoms with van der Waals surface area (Å²) in [5, 5.41) is 23.0. The van der Waals surface area contributed by atoms with Gasteiger partial charge in [-0.2, -0.15) is 66.1 Å². The second kappa shape index (κ2) is 13.0. The Labute approximate surface area is 293 Å². The first-order valence-electron chi connectivity index (χ1n) is 13.3. The molecule has 1 aliphatic carbocycles. The highest BCUT2D eigenvalue weighted by atomic mass is 79.9. The first-order chi connectivity index (χ1) is 24.0. The summed E-state index contributed by atoms with van der Waals surface area (Å²) in [6.07, 6.45) is -6.98. The normalized spacial score (nSPS) is 17.7. The molecule has 0 bridgehead atoms. The van der Waals surface area contributed by atoms with Gasteiger partial charge >= 0.3 is 53.8 Å². The van der Waals surface area contributed by atoms with Crippen LogP contribution in [0.2, 0.25) is 0 Å². The smallest absolute Gasteiger partial charge is 0.320 e. The van der Waals surface area contributed by atoms with Crippen LogP contribution in [0.4, 0.5) is 81.6 Å². The molecule has 0 aliphatic heterocycles. The molecular formula is C25H11BrF16N6O4S. The maximum absolute atomic E-state index is 14.7. The van der Waals surface area contributed by atoms with E-state index in [1.807, 2.05) is 0 Å². The number of aromatic nitrogens is 4. The molecule has 4 rings (SSSR count). The number of halogens is 17. The van der Waals surface area contributed by atoms with Crippen molar-refractivity contribution in [3.8, 4) is 5.69 Å². The van der Waals surface area contributed by atoms with Crippen LogP contribution in [0, 0.1) is 10.1 Å². The number of para-hydroxylation sites is 1. The minimum Gasteiger partial charge on any atom is -0.320 e. The molecular weight excluding hydrogens is 864 g/mol. The molecule has 1 heterocycles. The fourth-order valence-corrected chi connectivity index (χ4v) is 6.43. The molecule has 1 N–H and O–H groups in total. The number of ketones is 1. The van der Waals surface area contributed by atoms with E-state index in [1.165, 1.54) is 24.3 Å². The second-order valence-corrected chi connectivity index (χ2v) is 13.8. The van der Waals surface area contributed by atoms with E-state index in [2.05, 4.69) is 31.5 Å². The number of hydrogen-bond acceptors (Lipinski definition) is 8. The number of Topliss-reactive ketones (excluding diaryl/α,β-unsaturated/α-hetero) is 1. The van der Waals surface area contributed by atoms with Crippen LogP contribution in [0.5, 0.6) is 0 Å². The van der Waals surface area contributed by atoms with Gasteiger partial charge in [0, 0.05) is 18.2 Å². The number of rotatable bonds is 13. The number of hydrogen-bond donors (Lipinski definition) is 1. The molecule has 1 atom stereocenters. The summed E-state index contributed by atoms with van der Waals surface area (Å²) in [6, 6.07) is 8.09. The first-order valence-corrected chi connectivity index (χ1v) is 14.9. The summed E-state index contributed by atoms with van der Waals surface area (Å²) in [5.41, 5.74) is -4.14. The third kappa shape index (κ3) is 6.03. The second-order valence-electron chi connectivity index (χ2n) is 10.6. The van der Waals surface area contributed by atoms with Crippen molar-refractivity contribution in [2.45, 2.75) is 63.1 Å². The van der Waals surface area contributed by atoms with Crippen LogP contribution in [-0.2, 0) is 11.2 Å². The Balaban J connectivity index is 1.72. The lowest BCUT2D eigenvalue weighted by Gasteiger charge is -2.42. The number of anilines is 1. The number of fused-ring (bicyclic) bond motifs is 1. The van der Waals surface area contributed by atoms with Gasteiger partial charge in [-0.15, -0.1) is 5.10 Å². The van der Waals surface area contributed by atoms with Crippen molar-refractivity contribution in [1.82, 2.24) is 20.2 Å². The molecule has 10 nitrogen and oxygen atoms in total. The summed E-state index contributed by atoms with van der Waals surface area (Å²) in [6.45, 7) is 0. The SMILES string of the molecule is O=C1c2c([N+](=O)[O-])ccc(NC(=O)C(F)(F)C(F)(F)C(F)(F)C(F)(F)C(F)(F)C(F)(F)C(F)(F)C(F)F)c2CC1(Br)Sc1nnnn1-c1ccccc1. The zero-order valence-corrected chi connectivity index (χ0v) is 26.9. The highest BCUT2D eigenvalue weighted by Gasteiger charge is 2.94. The average molecular weight is 875 g/mol. The van der Waals surface area contributed by atoms with Crippen molar-refractivity contribution in [1.29, 1.82) is 0 Å². The van der Waals surface area contributed by atoms with Crippen LogP contribution in [0.15, 0.2) is 47.6 Å². The number of tetrazole rings is 1. The van der Waals surface area contributed by atoms with Crippen molar-refractivity contribution in [2.24, 2.45) is 0 Å². The highest BCUT2D eigenvalue weighted by molar-refractivity contribution is 9.12. The van der Waals surface area contributed by atoms with E-state index in [0.717, 1.165) is 10.00 Å². The third-order valence-electron chi connectivity index (χ3n) is 7.35. The largest absolute Gasteiger partial charge is 0.393 e. The Bertz CT molecular complexity index is 1950. The van der Waals surface area contributed by atoms with Gasteiger partial charge in [0.25, 0.3) is 5.69 Å². The number of nitro groups is 1. The molecule has 1 unspecified atom stereocenters. The van der Waals surface area contributed by atoms with E-state index in [-0.39, 0.29) is 23.0 Å². The van der Waals surface area contributed by atoms with E-state index in [0.29, 0.717) is 11.8 Å². The Kier molecular flexibility index (Phi) is 10.2. The summed E-state index contributed by atoms with van der Waals surface area (Å²) < 4.78 is 219. The van der Waals surface area contributed by atoms with Crippen molar-refractivity contribution >= 4 is 50.8 Å². The first kappa shape index (κ1) is 41.5. The standard InChI is InChI=1S/C25H11BrF16N6O4S/c26-18(53-17-44-45-46-47(17)9-4-2-1-3-5-9)8-10-11(6-7-12(48(51)52)13(10)14(18)49)43-16(50)20(31,32)22(35,36)24(39,40)25(41,42)23(37,38)21(33,34)19(29,30)15(27)28/h1-7,15H,8H2,(H,43,50). The molecule has 1 aliphatic rings. The Morgan fingerprint density at radius 1 is 0.868 bits per heavy atom. The number of thioether (sulfide) groups is 1. The number of nitrogens with one attached hydrogen (secondary N) is 1. The molecule has 0 radical (unpaired) electrons. The van der Waals surface area contributed by atoms with E-state index in [4.69, 9.17) is 0 Å². The molecule has 1 aromatic heterocycles. The van der Waals surface area contributed by atoms with Crippen LogP contribution in [0.1, 0.15) is 15.9 Å². The molecule has 0 spiro atoms. The molecule has 2 aromatic carbocycles. The predicted octanol–water partition coefficient (Wildman–Crippen LogP) is 7.84. The van der Waals surface area contributed by atoms with E-state index < -0.39 is 97.1 Å². The van der Waals surface area contributed by atoms with Gasteiger partial charge in [0.05, 0.1) is 10.6 Å². The van der Waals surface area contributed by atoms with Crippen molar-refractivity contribution in [3.63, 3.8) is 0 Å². The van der Waals surface area contributed by atoms with Crippen molar-refractivity contribution < 1.29 is 84.8 Å². The maximum Gasteiger partial charge on any atom is 0.393 e. The fraction of sp³-hybridized carbons (Fsp3) is 0.400. The summed E-state index contributed by atoms with van der Waals surface area (Å²) >= 11 is 3.36. The third-order valence-corrected chi connectivity index (χ3v) is 9.57. The predicted molar refractivity (Wildman–Crippen MR) is 147 cm³/mol. The van der Waals surface area contributed by atoms with Crippen molar-refractivity contribution in [3.05, 3.63) is 63.7 Å². The topological polar surface area (TPSA) is 133 Å². The number of carbonyl (C=O) groups is 2. The van der Waals surface area contributed by atoms with Crippen molar-refractivity contribution in [2.75, 3.05) is 5.32 Å². The van der Waals surface area contributed by atoms with Gasteiger partial charge in [0.2, 0.25) is 5.16 Å². The van der Waals surface area contributed by atoms with Gasteiger partial charge in [-0.25, -0.2) is 8.78 Å². The zero-order chi connectivity index (χ0) is 40.5. The minimum atomic E-state index is -8.74. The minimum absolute atomic E-state index is 0.245. The van der Waals surface area contributed by atoms with Gasteiger partial charge in [-0.3, -0.25) is 19.7 Å². The summed E-state index contributed by atoms with van der Waals surface area (Å²) in [4.78, 5) is 36.3. The average Bonchev–Trinajstić information content (AvgIpc) is 3.62. The lowest BCUT2D eigenvalue weighted by atomic mass is 9.89. The number of carbonyl (C=O) groups excluding carboxylic acids is 2. The molecule has 290 valence electrons. The molecule has 0 fully saturated rings. The fourth-order valence-electron chi connectivity index (χ4n) is 4.52. The maximum atomic E-state index is 14.7. The van der Waals surface area contributed by atoms with Gasteiger partial charge in [0.1, 0.15) is 9.22 Å². The number of nitro benzene ring substituents is 1. The number of amides is 1. The Morgan fingerprint density at radius 3 is 1.92 bits per heavy atom. The highest BCUT2D eigenvalue weighted by Crippen LogP contribution is 2.63. The van der Waals surface area contributed by atoms with Crippen LogP contribution >= 0.6 is 27.7 Å². The lowest BCUT2D eigenvalue weighted by molar-refractivity contribution is -0.443. The number of alkyl halides is 17. The van der Waals surface area contributed by atoms with E-state index in [1.54, 1.807) is 6.07 Å². The van der Waals surface area contributed by atoms with Gasteiger partial charge in [-0.05, 0) is 34.2 Å². The molecule has 3 aromatic rings. The summed E-state index contributed by atoms with van der Waals surface area (Å²) in [5.74, 6) is -62.8. The van der Waals surface area contributed by atoms with E-state index >= 15 is 0 Å². The van der Waals surface area contributed by atoms with Crippen LogP contribution in [0.25, 0.3) is 5.69 Å². The zero-order valence-electron chi connectivity index (χ0n) is 24.5. The Morgan fingerprint density at radius 2 is 1.40 bits per heavy atom. The summed E-state index contributed by atoms with van der Waals surface area (Å²) in [7, 11) is 0.